The van der Waals surface area contributed by atoms with Crippen LogP contribution in [0.2, 0.25) is 0 Å². The molecule has 0 radical (unpaired) electrons. The van der Waals surface area contributed by atoms with Gasteiger partial charge in [-0.25, -0.2) is 4.79 Å². The Bertz CT molecular complexity index is 1250. The molecule has 0 heterocycles. The number of rotatable bonds is 8. The van der Waals surface area contributed by atoms with Crippen LogP contribution in [0.15, 0.2) is 132 Å². The van der Waals surface area contributed by atoms with Gasteiger partial charge in [-0.05, 0) is 54.8 Å². The van der Waals surface area contributed by atoms with Crippen molar-refractivity contribution in [2.45, 2.75) is 0 Å². The van der Waals surface area contributed by atoms with Gasteiger partial charge in [0.2, 0.25) is 5.31 Å². The fourth-order valence-electron chi connectivity index (χ4n) is 4.24. The monoisotopic (exact) mass is 639 g/mol. The molecule has 0 aromatic heterocycles. The van der Waals surface area contributed by atoms with Crippen LogP contribution in [0.3, 0.4) is 0 Å². The molecule has 0 bridgehead atoms. The third kappa shape index (κ3) is 5.98. The van der Waals surface area contributed by atoms with Gasteiger partial charge >= 0.3 is 5.97 Å². The fraction of sp³-hybridized carbons (Fsp3) is 0.0667. The molecule has 188 valence electrons. The number of nitrogens with one attached hydrogen (secondary N) is 1. The van der Waals surface area contributed by atoms with E-state index >= 15 is 0 Å². The van der Waals surface area contributed by atoms with E-state index in [-0.39, 0.29) is 29.9 Å². The lowest BCUT2D eigenvalue weighted by Crippen LogP contribution is -3.00. The number of carbonyl (C=O) groups excluding carboxylic acids is 2. The maximum absolute atomic E-state index is 13.8. The minimum Gasteiger partial charge on any atom is -1.00 e. The van der Waals surface area contributed by atoms with Gasteiger partial charge in [-0.3, -0.25) is 4.79 Å². The van der Waals surface area contributed by atoms with Crippen LogP contribution >= 0.6 is 19.0 Å². The first-order chi connectivity index (χ1) is 17.6. The molecule has 7 heteroatoms. The van der Waals surface area contributed by atoms with Crippen LogP contribution < -0.4 is 45.2 Å². The highest BCUT2D eigenvalue weighted by Gasteiger charge is 2.55. The first-order valence-corrected chi connectivity index (χ1v) is 14.4. The van der Waals surface area contributed by atoms with Crippen LogP contribution in [0.5, 0.6) is 0 Å². The number of hydrogen-bond acceptors (Lipinski definition) is 4. The molecule has 0 aliphatic rings. The molecule has 0 saturated heterocycles. The van der Waals surface area contributed by atoms with Crippen LogP contribution in [-0.4, -0.2) is 25.2 Å². The van der Waals surface area contributed by atoms with Gasteiger partial charge in [0.1, 0.15) is 20.9 Å². The lowest BCUT2D eigenvalue weighted by atomic mass is 10.2. The molecule has 4 aromatic rings. The van der Waals surface area contributed by atoms with Crippen LogP contribution in [0.4, 0.5) is 0 Å². The molecule has 0 aliphatic heterocycles. The molecule has 4 aromatic carbocycles. The van der Waals surface area contributed by atoms with Gasteiger partial charge in [-0.2, -0.15) is 0 Å². The Balaban J connectivity index is 0.00000380. The van der Waals surface area contributed by atoms with Crippen molar-refractivity contribution < 1.29 is 38.3 Å². The zero-order valence-electron chi connectivity index (χ0n) is 20.5. The van der Waals surface area contributed by atoms with Crippen molar-refractivity contribution in [2.75, 3.05) is 13.4 Å². The van der Waals surface area contributed by atoms with E-state index in [1.165, 1.54) is 18.9 Å². The van der Waals surface area contributed by atoms with Crippen molar-refractivity contribution in [2.24, 2.45) is 0 Å². The van der Waals surface area contributed by atoms with Gasteiger partial charge in [-0.1, -0.05) is 72.8 Å². The molecule has 0 unspecified atom stereocenters. The van der Waals surface area contributed by atoms with E-state index in [0.717, 1.165) is 15.9 Å². The Hall–Kier alpha value is -2.93. The van der Waals surface area contributed by atoms with E-state index in [1.54, 1.807) is 12.1 Å². The fourth-order valence-corrected chi connectivity index (χ4v) is 9.65. The topological polar surface area (TPSA) is 55.4 Å². The number of benzene rings is 4. The summed E-state index contributed by atoms with van der Waals surface area (Å²) in [5.41, 5.74) is 0.510. The number of ether oxygens (including phenoxy) is 1. The second-order valence-corrected chi connectivity index (χ2v) is 12.0. The van der Waals surface area contributed by atoms with Crippen molar-refractivity contribution in [3.8, 4) is 0 Å². The highest BCUT2D eigenvalue weighted by Crippen LogP contribution is 2.64. The van der Waals surface area contributed by atoms with Crippen LogP contribution in [0, 0.1) is 0 Å². The van der Waals surface area contributed by atoms with Crippen molar-refractivity contribution in [1.29, 1.82) is 0 Å². The van der Waals surface area contributed by atoms with Gasteiger partial charge in [0.15, 0.2) is 7.26 Å². The zero-order valence-corrected chi connectivity index (χ0v) is 24.4. The van der Waals surface area contributed by atoms with Crippen molar-refractivity contribution in [3.63, 3.8) is 0 Å². The van der Waals surface area contributed by atoms with E-state index in [9.17, 15) is 9.59 Å². The molecule has 0 fully saturated rings. The smallest absolute Gasteiger partial charge is 0.377 e. The van der Waals surface area contributed by atoms with Crippen LogP contribution in [-0.2, 0) is 9.53 Å². The van der Waals surface area contributed by atoms with Crippen molar-refractivity contribution >= 4 is 46.8 Å². The molecule has 4 rings (SSSR count). The molecule has 0 saturated carbocycles. The van der Waals surface area contributed by atoms with Gasteiger partial charge in [0, 0.05) is 5.56 Å². The van der Waals surface area contributed by atoms with Crippen molar-refractivity contribution in [1.82, 2.24) is 5.32 Å². The van der Waals surface area contributed by atoms with Gasteiger partial charge < -0.3 is 34.0 Å². The number of carbonyl (C=O) groups is 2. The average molecular weight is 639 g/mol. The molecule has 4 nitrogen and oxygen atoms in total. The number of methoxy groups -OCH3 is 1. The van der Waals surface area contributed by atoms with E-state index in [2.05, 4.69) is 5.32 Å². The summed E-state index contributed by atoms with van der Waals surface area (Å²) >= 11 is 1.33. The first-order valence-electron chi connectivity index (χ1n) is 11.4. The predicted molar refractivity (Wildman–Crippen MR) is 152 cm³/mol. The standard InChI is InChI=1S/C30H26NO3PS.HI/c1-34-30(33)27(29(36-2)31-28(32)23-15-7-3-8-16-23)35(24-17-9-4-10-18-24,25-19-11-5-12-20-25)26-21-13-6-14-22-26;/h3-22H,1-2H3;1H. The number of thioether (sulfide) groups is 1. The molecule has 1 N–H and O–H groups in total. The SMILES string of the molecule is COC(=O)/C(=C(/NC(=O)c1ccccc1)SC)[P+](c1ccccc1)(c1ccccc1)c1ccccc1.[I-]. The maximum Gasteiger partial charge on any atom is 0.377 e. The highest BCUT2D eigenvalue weighted by atomic mass is 127. The Morgan fingerprint density at radius 2 is 1.05 bits per heavy atom. The molecule has 1 amide bonds. The lowest BCUT2D eigenvalue weighted by Gasteiger charge is -2.29. The summed E-state index contributed by atoms with van der Waals surface area (Å²) in [5.74, 6) is -0.758. The lowest BCUT2D eigenvalue weighted by molar-refractivity contribution is -0.135. The highest BCUT2D eigenvalue weighted by molar-refractivity contribution is 8.05. The Kier molecular flexibility index (Phi) is 10.5. The molecule has 0 aliphatic carbocycles. The second-order valence-electron chi connectivity index (χ2n) is 7.87. The molecular formula is C30H27INO3PS. The van der Waals surface area contributed by atoms with Crippen LogP contribution in [0.1, 0.15) is 10.4 Å². The summed E-state index contributed by atoms with van der Waals surface area (Å²) in [7, 11) is -1.40. The summed E-state index contributed by atoms with van der Waals surface area (Å²) < 4.78 is 5.42. The Morgan fingerprint density at radius 3 is 1.41 bits per heavy atom. The first kappa shape index (κ1) is 28.6. The van der Waals surface area contributed by atoms with E-state index < -0.39 is 13.2 Å². The summed E-state index contributed by atoms with van der Waals surface area (Å²) in [6.45, 7) is 0. The number of hydrogen-bond donors (Lipinski definition) is 1. The zero-order chi connectivity index (χ0) is 25.4. The normalized spacial score (nSPS) is 11.5. The summed E-state index contributed by atoms with van der Waals surface area (Å²) in [6.07, 6.45) is 1.86. The van der Waals surface area contributed by atoms with Crippen LogP contribution in [0.25, 0.3) is 0 Å². The molecule has 0 spiro atoms. The number of esters is 1. The van der Waals surface area contributed by atoms with E-state index in [0.29, 0.717) is 15.9 Å². The largest absolute Gasteiger partial charge is 1.00 e. The molecule has 37 heavy (non-hydrogen) atoms. The number of halogens is 1. The van der Waals surface area contributed by atoms with Gasteiger partial charge in [0.25, 0.3) is 5.91 Å². The number of amides is 1. The molecule has 0 atom stereocenters. The third-order valence-corrected chi connectivity index (χ3v) is 11.0. The maximum atomic E-state index is 13.8. The second kappa shape index (κ2) is 13.6. The quantitative estimate of drug-likeness (QED) is 0.139. The Labute approximate surface area is 239 Å². The minimum absolute atomic E-state index is 0. The van der Waals surface area contributed by atoms with E-state index in [4.69, 9.17) is 4.74 Å². The van der Waals surface area contributed by atoms with Gasteiger partial charge in [-0.15, -0.1) is 11.8 Å². The minimum atomic E-state index is -2.79. The third-order valence-electron chi connectivity index (χ3n) is 5.83. The predicted octanol–water partition coefficient (Wildman–Crippen LogP) is 2.12. The average Bonchev–Trinajstić information content (AvgIpc) is 2.96. The summed E-state index contributed by atoms with van der Waals surface area (Å²) in [4.78, 5) is 27.0. The summed E-state index contributed by atoms with van der Waals surface area (Å²) in [6, 6.07) is 39.0. The summed E-state index contributed by atoms with van der Waals surface area (Å²) in [5, 5.41) is 6.93. The van der Waals surface area contributed by atoms with Gasteiger partial charge in [0.05, 0.1) is 7.11 Å². The van der Waals surface area contributed by atoms with Crippen molar-refractivity contribution in [3.05, 3.63) is 137 Å². The molecular weight excluding hydrogens is 612 g/mol. The van der Waals surface area contributed by atoms with E-state index in [1.807, 2.05) is 115 Å². The Morgan fingerprint density at radius 1 is 0.676 bits per heavy atom.